The molecule has 3 aromatic rings. The summed E-state index contributed by atoms with van der Waals surface area (Å²) >= 11 is 0. The van der Waals surface area contributed by atoms with Crippen molar-refractivity contribution in [1.82, 2.24) is 9.91 Å². The summed E-state index contributed by atoms with van der Waals surface area (Å²) in [7, 11) is 0. The van der Waals surface area contributed by atoms with Gasteiger partial charge in [0.25, 0.3) is 0 Å². The molecule has 0 saturated carbocycles. The Hall–Kier alpha value is -4.13. The van der Waals surface area contributed by atoms with Gasteiger partial charge in [-0.05, 0) is 41.0 Å². The Morgan fingerprint density at radius 1 is 0.853 bits per heavy atom. The Labute approximate surface area is 195 Å². The van der Waals surface area contributed by atoms with Gasteiger partial charge in [-0.3, -0.25) is 24.3 Å². The lowest BCUT2D eigenvalue weighted by Crippen LogP contribution is -2.44. The zero-order valence-corrected chi connectivity index (χ0v) is 18.0. The van der Waals surface area contributed by atoms with Crippen LogP contribution < -0.4 is 0 Å². The third-order valence-electron chi connectivity index (χ3n) is 6.97. The van der Waals surface area contributed by atoms with Crippen LogP contribution in [0.5, 0.6) is 0 Å². The molecule has 0 radical (unpaired) electrons. The number of hydrogen-bond acceptors (Lipinski definition) is 5. The predicted octanol–water partition coefficient (Wildman–Crippen LogP) is 3.58. The molecule has 4 atom stereocenters. The highest BCUT2D eigenvalue weighted by Gasteiger charge is 2.65. The maximum absolute atomic E-state index is 13.7. The van der Waals surface area contributed by atoms with E-state index < -0.39 is 29.7 Å². The van der Waals surface area contributed by atoms with E-state index in [1.54, 1.807) is 11.2 Å². The fourth-order valence-electron chi connectivity index (χ4n) is 5.44. The minimum atomic E-state index is -0.956. The van der Waals surface area contributed by atoms with E-state index in [2.05, 4.69) is 5.10 Å². The van der Waals surface area contributed by atoms with Crippen LogP contribution in [-0.4, -0.2) is 39.8 Å². The maximum atomic E-state index is 13.7. The van der Waals surface area contributed by atoms with Crippen molar-refractivity contribution in [2.45, 2.75) is 18.6 Å². The molecule has 0 aromatic heterocycles. The molecule has 0 unspecified atom stereocenters. The van der Waals surface area contributed by atoms with Gasteiger partial charge in [-0.15, -0.1) is 0 Å². The number of nitrogens with zero attached hydrogens (tertiary/aromatic N) is 3. The van der Waals surface area contributed by atoms with Crippen molar-refractivity contribution >= 4 is 23.8 Å². The summed E-state index contributed by atoms with van der Waals surface area (Å²) in [6.07, 6.45) is 1.66. The number of amides is 2. The van der Waals surface area contributed by atoms with E-state index in [1.165, 1.54) is 29.2 Å². The Balaban J connectivity index is 1.45. The first-order valence-corrected chi connectivity index (χ1v) is 11.1. The summed E-state index contributed by atoms with van der Waals surface area (Å²) in [4.78, 5) is 42.3. The van der Waals surface area contributed by atoms with Crippen LogP contribution in [0.3, 0.4) is 0 Å². The highest BCUT2D eigenvalue weighted by Crippen LogP contribution is 2.52. The van der Waals surface area contributed by atoms with Crippen LogP contribution in [0.1, 0.15) is 33.1 Å². The lowest BCUT2D eigenvalue weighted by molar-refractivity contribution is -0.142. The van der Waals surface area contributed by atoms with E-state index in [0.717, 1.165) is 16.7 Å². The lowest BCUT2D eigenvalue weighted by atomic mass is 9.83. The smallest absolute Gasteiger partial charge is 0.236 e. The molecule has 2 amide bonds. The van der Waals surface area contributed by atoms with E-state index in [0.29, 0.717) is 0 Å². The number of imide groups is 1. The molecule has 2 saturated heterocycles. The largest absolute Gasteiger partial charge is 0.292 e. The van der Waals surface area contributed by atoms with E-state index in [9.17, 15) is 18.8 Å². The highest BCUT2D eigenvalue weighted by molar-refractivity contribution is 6.12. The molecule has 34 heavy (non-hydrogen) atoms. The van der Waals surface area contributed by atoms with Gasteiger partial charge in [-0.1, -0.05) is 54.6 Å². The van der Waals surface area contributed by atoms with Gasteiger partial charge in [0.05, 0.1) is 30.6 Å². The number of ketones is 1. The van der Waals surface area contributed by atoms with Crippen molar-refractivity contribution in [3.05, 3.63) is 107 Å². The molecule has 0 N–H and O–H groups in total. The van der Waals surface area contributed by atoms with Crippen molar-refractivity contribution in [3.8, 4) is 0 Å². The number of halogens is 1. The molecule has 2 fully saturated rings. The van der Waals surface area contributed by atoms with Gasteiger partial charge in [0.2, 0.25) is 11.8 Å². The number of carbonyl (C=O) groups excluding carboxylic acids is 3. The van der Waals surface area contributed by atoms with Gasteiger partial charge >= 0.3 is 0 Å². The highest BCUT2D eigenvalue weighted by atomic mass is 19.1. The van der Waals surface area contributed by atoms with Crippen LogP contribution in [0.2, 0.25) is 0 Å². The van der Waals surface area contributed by atoms with Gasteiger partial charge < -0.3 is 0 Å². The second-order valence-electron chi connectivity index (χ2n) is 8.81. The molecular formula is C27H20FN3O3. The number of Topliss-reactive ketones (excluding diaryl/α,β-unsaturated/α-hetero) is 1. The molecule has 3 aliphatic rings. The first-order chi connectivity index (χ1) is 16.5. The first-order valence-electron chi connectivity index (χ1n) is 11.1. The van der Waals surface area contributed by atoms with Crippen LogP contribution in [0.25, 0.3) is 0 Å². The quantitative estimate of drug-likeness (QED) is 0.447. The van der Waals surface area contributed by atoms with Crippen LogP contribution in [0.4, 0.5) is 4.39 Å². The topological polar surface area (TPSA) is 70.0 Å². The van der Waals surface area contributed by atoms with E-state index >= 15 is 0 Å². The second-order valence-corrected chi connectivity index (χ2v) is 8.81. The number of hydrazone groups is 1. The molecule has 3 aromatic carbocycles. The minimum Gasteiger partial charge on any atom is -0.292 e. The zero-order chi connectivity index (χ0) is 23.4. The Bertz CT molecular complexity index is 1340. The summed E-state index contributed by atoms with van der Waals surface area (Å²) in [6.45, 7) is 0.153. The molecule has 3 heterocycles. The Morgan fingerprint density at radius 2 is 1.53 bits per heavy atom. The Morgan fingerprint density at radius 3 is 2.29 bits per heavy atom. The van der Waals surface area contributed by atoms with Gasteiger partial charge in [-0.2, -0.15) is 5.10 Å². The predicted molar refractivity (Wildman–Crippen MR) is 122 cm³/mol. The van der Waals surface area contributed by atoms with Gasteiger partial charge in [0.15, 0.2) is 5.78 Å². The molecule has 7 heteroatoms. The fourth-order valence-corrected chi connectivity index (χ4v) is 5.44. The standard InChI is InChI=1S/C27H20FN3O3/c28-19-12-10-17(11-13-19)25(32)24-22-21(23-20-9-5-4-8-18(20)14-29-31(23)24)26(33)30(27(22)34)15-16-6-2-1-3-7-16/h1-14,21-24H,15H2/t21-,22-,23-,24+/m1/s1. The van der Waals surface area contributed by atoms with E-state index in [-0.39, 0.29) is 29.7 Å². The van der Waals surface area contributed by atoms with Crippen molar-refractivity contribution in [2.24, 2.45) is 16.9 Å². The van der Waals surface area contributed by atoms with Crippen LogP contribution in [0.15, 0.2) is 84.0 Å². The molecule has 168 valence electrons. The molecular weight excluding hydrogens is 433 g/mol. The number of likely N-dealkylation sites (tertiary alicyclic amines) is 1. The van der Waals surface area contributed by atoms with Gasteiger partial charge in [0, 0.05) is 5.56 Å². The minimum absolute atomic E-state index is 0.153. The van der Waals surface area contributed by atoms with Crippen molar-refractivity contribution in [3.63, 3.8) is 0 Å². The van der Waals surface area contributed by atoms with Crippen molar-refractivity contribution in [2.75, 3.05) is 0 Å². The summed E-state index contributed by atoms with van der Waals surface area (Å²) in [5.74, 6) is -3.08. The average Bonchev–Trinajstić information content (AvgIpc) is 3.33. The molecule has 6 rings (SSSR count). The molecule has 3 aliphatic heterocycles. The summed E-state index contributed by atoms with van der Waals surface area (Å²) in [5, 5.41) is 6.14. The SMILES string of the molecule is O=C(c1ccc(F)cc1)[C@@H]1[C@@H]2C(=O)N(Cc3ccccc3)C(=O)[C@H]2[C@H]2c3ccccc3C=NN12. The maximum Gasteiger partial charge on any atom is 0.236 e. The normalized spacial score (nSPS) is 24.7. The zero-order valence-electron chi connectivity index (χ0n) is 18.0. The number of hydrogen-bond donors (Lipinski definition) is 0. The van der Waals surface area contributed by atoms with Crippen molar-refractivity contribution < 1.29 is 18.8 Å². The van der Waals surface area contributed by atoms with Gasteiger partial charge in [0.1, 0.15) is 11.9 Å². The van der Waals surface area contributed by atoms with Crippen LogP contribution >= 0.6 is 0 Å². The molecule has 0 bridgehead atoms. The third-order valence-corrected chi connectivity index (χ3v) is 6.97. The average molecular weight is 453 g/mol. The monoisotopic (exact) mass is 453 g/mol. The van der Waals surface area contributed by atoms with Crippen LogP contribution in [0, 0.1) is 17.7 Å². The summed E-state index contributed by atoms with van der Waals surface area (Å²) in [5.41, 5.74) is 2.84. The number of carbonyl (C=O) groups is 3. The first kappa shape index (κ1) is 20.5. The van der Waals surface area contributed by atoms with Crippen LogP contribution in [-0.2, 0) is 16.1 Å². The number of rotatable bonds is 4. The van der Waals surface area contributed by atoms with Gasteiger partial charge in [-0.25, -0.2) is 4.39 Å². The summed E-state index contributed by atoms with van der Waals surface area (Å²) < 4.78 is 13.5. The molecule has 0 aliphatic carbocycles. The molecule has 6 nitrogen and oxygen atoms in total. The van der Waals surface area contributed by atoms with E-state index in [4.69, 9.17) is 0 Å². The third kappa shape index (κ3) is 3.00. The van der Waals surface area contributed by atoms with Crippen molar-refractivity contribution in [1.29, 1.82) is 0 Å². The van der Waals surface area contributed by atoms with E-state index in [1.807, 2.05) is 54.6 Å². The lowest BCUT2D eigenvalue weighted by Gasteiger charge is -2.33. The second kappa shape index (κ2) is 7.73. The fraction of sp³-hybridized carbons (Fsp3) is 0.185. The number of fused-ring (bicyclic) bond motifs is 5. The summed E-state index contributed by atoms with van der Waals surface area (Å²) in [6, 6.07) is 20.7. The Kier molecular flexibility index (Phi) is 4.65. The number of benzene rings is 3. The molecule has 0 spiro atoms.